The molecule has 0 amide bonds. The number of hydrogen-bond acceptors (Lipinski definition) is 1. The maximum Gasteiger partial charge on any atom is 0.0638 e. The summed E-state index contributed by atoms with van der Waals surface area (Å²) >= 11 is 0. The van der Waals surface area contributed by atoms with Crippen LogP contribution in [0.1, 0.15) is 52.9 Å². The molecule has 98 valence electrons. The van der Waals surface area contributed by atoms with Crippen molar-refractivity contribution in [1.29, 1.82) is 0 Å². The number of unbranched alkanes of at least 4 members (excludes halogenated alkanes) is 3. The van der Waals surface area contributed by atoms with E-state index in [0.29, 0.717) is 0 Å². The topological polar surface area (TPSA) is 3.24 Å². The number of hydrogen-bond donors (Lipinski definition) is 0. The fraction of sp³-hybridized carbons (Fsp3) is 1.00. The van der Waals surface area contributed by atoms with Gasteiger partial charge < -0.3 is 4.90 Å². The molecular weight excluding hydrogens is 210 g/mol. The molecule has 0 N–H and O–H groups in total. The van der Waals surface area contributed by atoms with Crippen molar-refractivity contribution >= 4 is 8.07 Å². The van der Waals surface area contributed by atoms with Crippen LogP contribution in [0.15, 0.2) is 0 Å². The molecule has 0 bridgehead atoms. The third-order valence-electron chi connectivity index (χ3n) is 3.58. The molecule has 0 aromatic heterocycles. The summed E-state index contributed by atoms with van der Waals surface area (Å²) in [5.41, 5.74) is 0.888. The fourth-order valence-corrected chi connectivity index (χ4v) is 5.12. The van der Waals surface area contributed by atoms with Gasteiger partial charge in [-0.1, -0.05) is 66.1 Å². The Morgan fingerprint density at radius 1 is 0.875 bits per heavy atom. The Balaban J connectivity index is 4.21. The third-order valence-corrected chi connectivity index (χ3v) is 6.24. The molecule has 0 heterocycles. The first-order chi connectivity index (χ1) is 7.47. The standard InChI is InChI=1S/C14H33NSi/c1-7-10-11-12-13-14(16(4,5)6)15(8-2)9-3/h14H,7-13H2,1-6H3. The van der Waals surface area contributed by atoms with Gasteiger partial charge in [-0.2, -0.15) is 0 Å². The minimum absolute atomic E-state index is 0.888. The largest absolute Gasteiger partial charge is 0.304 e. The normalized spacial score (nSPS) is 14.4. The summed E-state index contributed by atoms with van der Waals surface area (Å²) in [4.78, 5) is 2.69. The number of rotatable bonds is 9. The molecule has 0 saturated carbocycles. The molecule has 0 rings (SSSR count). The van der Waals surface area contributed by atoms with E-state index in [1.165, 1.54) is 45.2 Å². The maximum atomic E-state index is 2.69. The molecule has 2 heteroatoms. The average Bonchev–Trinajstić information content (AvgIpc) is 2.21. The van der Waals surface area contributed by atoms with E-state index in [4.69, 9.17) is 0 Å². The predicted octanol–water partition coefficient (Wildman–Crippen LogP) is 4.54. The second kappa shape index (κ2) is 8.29. The van der Waals surface area contributed by atoms with Gasteiger partial charge in [-0.3, -0.25) is 0 Å². The molecular formula is C14H33NSi. The van der Waals surface area contributed by atoms with Gasteiger partial charge in [0.1, 0.15) is 0 Å². The predicted molar refractivity (Wildman–Crippen MR) is 78.8 cm³/mol. The average molecular weight is 244 g/mol. The van der Waals surface area contributed by atoms with Gasteiger partial charge in [-0.05, 0) is 19.5 Å². The lowest BCUT2D eigenvalue weighted by Gasteiger charge is -2.38. The van der Waals surface area contributed by atoms with Crippen molar-refractivity contribution in [1.82, 2.24) is 4.90 Å². The van der Waals surface area contributed by atoms with Crippen LogP contribution >= 0.6 is 0 Å². The minimum atomic E-state index is -1.03. The fourth-order valence-electron chi connectivity index (χ4n) is 2.59. The Bertz CT molecular complexity index is 159. The quantitative estimate of drug-likeness (QED) is 0.424. The molecule has 0 aliphatic rings. The molecule has 0 fully saturated rings. The van der Waals surface area contributed by atoms with Crippen molar-refractivity contribution < 1.29 is 0 Å². The van der Waals surface area contributed by atoms with Crippen LogP contribution in [0.3, 0.4) is 0 Å². The van der Waals surface area contributed by atoms with Gasteiger partial charge >= 0.3 is 0 Å². The summed E-state index contributed by atoms with van der Waals surface area (Å²) < 4.78 is 0. The van der Waals surface area contributed by atoms with Gasteiger partial charge in [0.25, 0.3) is 0 Å². The molecule has 16 heavy (non-hydrogen) atoms. The van der Waals surface area contributed by atoms with E-state index in [1.54, 1.807) is 0 Å². The lowest BCUT2D eigenvalue weighted by atomic mass is 10.1. The highest BCUT2D eigenvalue weighted by Crippen LogP contribution is 2.20. The second-order valence-corrected chi connectivity index (χ2v) is 11.4. The van der Waals surface area contributed by atoms with Crippen LogP contribution in [0.5, 0.6) is 0 Å². The highest BCUT2D eigenvalue weighted by molar-refractivity contribution is 6.77. The highest BCUT2D eigenvalue weighted by atomic mass is 28.3. The van der Waals surface area contributed by atoms with E-state index < -0.39 is 8.07 Å². The molecule has 0 aromatic rings. The van der Waals surface area contributed by atoms with Crippen molar-refractivity contribution in [2.24, 2.45) is 0 Å². The third kappa shape index (κ3) is 6.05. The van der Waals surface area contributed by atoms with Gasteiger partial charge in [0, 0.05) is 5.67 Å². The van der Waals surface area contributed by atoms with Crippen LogP contribution in [0.2, 0.25) is 19.6 Å². The summed E-state index contributed by atoms with van der Waals surface area (Å²) in [6.45, 7) is 16.9. The molecule has 0 aromatic carbocycles. The summed E-state index contributed by atoms with van der Waals surface area (Å²) in [7, 11) is -1.03. The van der Waals surface area contributed by atoms with Crippen molar-refractivity contribution in [3.05, 3.63) is 0 Å². The summed E-state index contributed by atoms with van der Waals surface area (Å²) in [5.74, 6) is 0. The van der Waals surface area contributed by atoms with Gasteiger partial charge in [0.2, 0.25) is 0 Å². The van der Waals surface area contributed by atoms with Crippen LogP contribution in [0.4, 0.5) is 0 Å². The van der Waals surface area contributed by atoms with Crippen LogP contribution < -0.4 is 0 Å². The summed E-state index contributed by atoms with van der Waals surface area (Å²) in [5, 5.41) is 0. The minimum Gasteiger partial charge on any atom is -0.304 e. The maximum absolute atomic E-state index is 2.69. The Hall–Kier alpha value is 0.177. The number of nitrogens with zero attached hydrogens (tertiary/aromatic N) is 1. The Morgan fingerprint density at radius 3 is 1.81 bits per heavy atom. The van der Waals surface area contributed by atoms with E-state index in [1.807, 2.05) is 0 Å². The summed E-state index contributed by atoms with van der Waals surface area (Å²) in [6.07, 6.45) is 7.05. The van der Waals surface area contributed by atoms with Crippen molar-refractivity contribution in [3.8, 4) is 0 Å². The van der Waals surface area contributed by atoms with Gasteiger partial charge in [-0.15, -0.1) is 0 Å². The molecule has 1 nitrogen and oxygen atoms in total. The van der Waals surface area contributed by atoms with Crippen LogP contribution in [0.25, 0.3) is 0 Å². The highest BCUT2D eigenvalue weighted by Gasteiger charge is 2.29. The first-order valence-corrected chi connectivity index (χ1v) is 10.8. The zero-order valence-corrected chi connectivity index (χ0v) is 13.5. The Kier molecular flexibility index (Phi) is 8.39. The second-order valence-electron chi connectivity index (χ2n) is 5.95. The van der Waals surface area contributed by atoms with E-state index in [2.05, 4.69) is 45.3 Å². The van der Waals surface area contributed by atoms with Gasteiger partial charge in [0.05, 0.1) is 8.07 Å². The molecule has 0 aliphatic heterocycles. The zero-order chi connectivity index (χ0) is 12.6. The van der Waals surface area contributed by atoms with E-state index in [-0.39, 0.29) is 0 Å². The Labute approximate surface area is 105 Å². The van der Waals surface area contributed by atoms with Crippen molar-refractivity contribution in [2.45, 2.75) is 78.2 Å². The monoisotopic (exact) mass is 243 g/mol. The van der Waals surface area contributed by atoms with Crippen molar-refractivity contribution in [2.75, 3.05) is 13.1 Å². The first-order valence-electron chi connectivity index (χ1n) is 7.21. The van der Waals surface area contributed by atoms with E-state index in [0.717, 1.165) is 5.67 Å². The molecule has 1 unspecified atom stereocenters. The zero-order valence-electron chi connectivity index (χ0n) is 12.5. The smallest absolute Gasteiger partial charge is 0.0638 e. The molecule has 0 aliphatic carbocycles. The summed E-state index contributed by atoms with van der Waals surface area (Å²) in [6, 6.07) is 0. The van der Waals surface area contributed by atoms with Crippen LogP contribution in [-0.2, 0) is 0 Å². The van der Waals surface area contributed by atoms with Gasteiger partial charge in [-0.25, -0.2) is 0 Å². The first kappa shape index (κ1) is 16.2. The van der Waals surface area contributed by atoms with Crippen LogP contribution in [0, 0.1) is 0 Å². The molecule has 0 spiro atoms. The lowest BCUT2D eigenvalue weighted by Crippen LogP contribution is -2.51. The lowest BCUT2D eigenvalue weighted by molar-refractivity contribution is 0.255. The van der Waals surface area contributed by atoms with E-state index in [9.17, 15) is 0 Å². The SMILES string of the molecule is CCCCCCC(N(CC)CC)[Si](C)(C)C. The van der Waals surface area contributed by atoms with Crippen LogP contribution in [-0.4, -0.2) is 31.7 Å². The molecule has 0 radical (unpaired) electrons. The molecule has 0 saturated heterocycles. The van der Waals surface area contributed by atoms with Crippen molar-refractivity contribution in [3.63, 3.8) is 0 Å². The van der Waals surface area contributed by atoms with E-state index >= 15 is 0 Å². The molecule has 1 atom stereocenters. The van der Waals surface area contributed by atoms with Gasteiger partial charge in [0.15, 0.2) is 0 Å². The Morgan fingerprint density at radius 2 is 1.44 bits per heavy atom.